The van der Waals surface area contributed by atoms with Gasteiger partial charge in [-0.15, -0.1) is 0 Å². The fourth-order valence-corrected chi connectivity index (χ4v) is 1.13. The standard InChI is InChI=1S/C10H17ClN4O2/c1-4-17-9-14-7(11)13-8(15-9)12-5-10(2,3)6-16/h16H,4-6H2,1-3H3,(H,12,13,14,15). The zero-order valence-corrected chi connectivity index (χ0v) is 11.0. The molecule has 1 heterocycles. The number of hydrogen-bond donors (Lipinski definition) is 2. The zero-order valence-electron chi connectivity index (χ0n) is 10.2. The molecule has 6 nitrogen and oxygen atoms in total. The highest BCUT2D eigenvalue weighted by Crippen LogP contribution is 2.16. The minimum atomic E-state index is -0.259. The lowest BCUT2D eigenvalue weighted by Crippen LogP contribution is -2.27. The lowest BCUT2D eigenvalue weighted by atomic mass is 9.95. The van der Waals surface area contributed by atoms with Crippen molar-refractivity contribution in [3.05, 3.63) is 5.28 Å². The van der Waals surface area contributed by atoms with Crippen LogP contribution in [0.2, 0.25) is 5.28 Å². The summed E-state index contributed by atoms with van der Waals surface area (Å²) in [7, 11) is 0. The van der Waals surface area contributed by atoms with Crippen LogP contribution in [-0.2, 0) is 0 Å². The van der Waals surface area contributed by atoms with Crippen molar-refractivity contribution >= 4 is 17.5 Å². The minimum absolute atomic E-state index is 0.0666. The highest BCUT2D eigenvalue weighted by Gasteiger charge is 2.17. The lowest BCUT2D eigenvalue weighted by molar-refractivity contribution is 0.170. The Balaban J connectivity index is 2.70. The smallest absolute Gasteiger partial charge is 0.322 e. The van der Waals surface area contributed by atoms with Gasteiger partial charge >= 0.3 is 6.01 Å². The number of ether oxygens (including phenoxy) is 1. The third-order valence-electron chi connectivity index (χ3n) is 2.01. The fraction of sp³-hybridized carbons (Fsp3) is 0.700. The molecule has 1 aromatic rings. The van der Waals surface area contributed by atoms with Crippen molar-refractivity contribution in [3.63, 3.8) is 0 Å². The van der Waals surface area contributed by atoms with E-state index in [9.17, 15) is 0 Å². The fourth-order valence-electron chi connectivity index (χ4n) is 0.979. The number of nitrogens with zero attached hydrogens (tertiary/aromatic N) is 3. The molecule has 2 N–H and O–H groups in total. The average molecular weight is 261 g/mol. The molecule has 0 saturated carbocycles. The number of nitrogens with one attached hydrogen (secondary N) is 1. The van der Waals surface area contributed by atoms with Crippen LogP contribution in [0.4, 0.5) is 5.95 Å². The Morgan fingerprint density at radius 1 is 1.35 bits per heavy atom. The molecular weight excluding hydrogens is 244 g/mol. The average Bonchev–Trinajstić information content (AvgIpc) is 2.26. The number of aromatic nitrogens is 3. The van der Waals surface area contributed by atoms with Crippen LogP contribution in [0.15, 0.2) is 0 Å². The summed E-state index contributed by atoms with van der Waals surface area (Å²) in [4.78, 5) is 11.8. The van der Waals surface area contributed by atoms with Gasteiger partial charge in [-0.2, -0.15) is 15.0 Å². The molecule has 0 unspecified atom stereocenters. The Bertz CT molecular complexity index is 373. The zero-order chi connectivity index (χ0) is 12.9. The van der Waals surface area contributed by atoms with Crippen LogP contribution < -0.4 is 10.1 Å². The predicted octanol–water partition coefficient (Wildman–Crippen LogP) is 1.35. The minimum Gasteiger partial charge on any atom is -0.464 e. The van der Waals surface area contributed by atoms with Gasteiger partial charge in [0, 0.05) is 18.6 Å². The summed E-state index contributed by atoms with van der Waals surface area (Å²) < 4.78 is 5.15. The molecule has 0 aliphatic carbocycles. The molecule has 0 bridgehead atoms. The van der Waals surface area contributed by atoms with E-state index in [1.54, 1.807) is 0 Å². The van der Waals surface area contributed by atoms with Crippen molar-refractivity contribution in [1.82, 2.24) is 15.0 Å². The summed E-state index contributed by atoms with van der Waals surface area (Å²) in [6.45, 7) is 6.73. The van der Waals surface area contributed by atoms with E-state index in [0.717, 1.165) is 0 Å². The Morgan fingerprint density at radius 3 is 2.65 bits per heavy atom. The van der Waals surface area contributed by atoms with E-state index in [1.165, 1.54) is 0 Å². The van der Waals surface area contributed by atoms with E-state index in [1.807, 2.05) is 20.8 Å². The largest absolute Gasteiger partial charge is 0.464 e. The monoisotopic (exact) mass is 260 g/mol. The Morgan fingerprint density at radius 2 is 2.06 bits per heavy atom. The van der Waals surface area contributed by atoms with Gasteiger partial charge < -0.3 is 15.2 Å². The molecule has 0 spiro atoms. The van der Waals surface area contributed by atoms with E-state index in [-0.39, 0.29) is 23.3 Å². The van der Waals surface area contributed by atoms with Crippen LogP contribution in [0.25, 0.3) is 0 Å². The van der Waals surface area contributed by atoms with Crippen LogP contribution >= 0.6 is 11.6 Å². The van der Waals surface area contributed by atoms with E-state index < -0.39 is 0 Å². The molecule has 0 atom stereocenters. The molecule has 7 heteroatoms. The van der Waals surface area contributed by atoms with E-state index in [4.69, 9.17) is 21.4 Å². The molecule has 0 radical (unpaired) electrons. The van der Waals surface area contributed by atoms with Gasteiger partial charge in [0.05, 0.1) is 6.61 Å². The summed E-state index contributed by atoms with van der Waals surface area (Å²) in [5, 5.41) is 12.2. The Hall–Kier alpha value is -1.14. The molecule has 1 rings (SSSR count). The highest BCUT2D eigenvalue weighted by atomic mass is 35.5. The summed E-state index contributed by atoms with van der Waals surface area (Å²) in [5.74, 6) is 0.343. The van der Waals surface area contributed by atoms with E-state index in [0.29, 0.717) is 19.1 Å². The molecule has 0 aliphatic rings. The van der Waals surface area contributed by atoms with Crippen LogP contribution in [0.3, 0.4) is 0 Å². The second-order valence-electron chi connectivity index (χ2n) is 4.32. The molecule has 0 aliphatic heterocycles. The van der Waals surface area contributed by atoms with Crippen molar-refractivity contribution in [2.75, 3.05) is 25.1 Å². The van der Waals surface area contributed by atoms with Gasteiger partial charge in [0.25, 0.3) is 0 Å². The third kappa shape index (κ3) is 4.70. The molecular formula is C10H17ClN4O2. The molecule has 0 aromatic carbocycles. The first-order valence-corrected chi connectivity index (χ1v) is 5.74. The number of hydrogen-bond acceptors (Lipinski definition) is 6. The maximum Gasteiger partial charge on any atom is 0.322 e. The first-order chi connectivity index (χ1) is 7.96. The first-order valence-electron chi connectivity index (χ1n) is 5.36. The number of rotatable bonds is 6. The number of anilines is 1. The molecule has 0 saturated heterocycles. The quantitative estimate of drug-likeness (QED) is 0.804. The van der Waals surface area contributed by atoms with Crippen LogP contribution in [0, 0.1) is 5.41 Å². The van der Waals surface area contributed by atoms with E-state index in [2.05, 4.69) is 20.3 Å². The maximum atomic E-state index is 9.12. The normalized spacial score (nSPS) is 11.4. The second kappa shape index (κ2) is 5.97. The van der Waals surface area contributed by atoms with E-state index >= 15 is 0 Å². The van der Waals surface area contributed by atoms with Crippen molar-refractivity contribution in [2.45, 2.75) is 20.8 Å². The van der Waals surface area contributed by atoms with Crippen LogP contribution in [0.1, 0.15) is 20.8 Å². The highest BCUT2D eigenvalue weighted by molar-refractivity contribution is 6.28. The molecule has 0 fully saturated rings. The first kappa shape index (κ1) is 13.9. The van der Waals surface area contributed by atoms with Gasteiger partial charge in [-0.1, -0.05) is 13.8 Å². The number of aliphatic hydroxyl groups is 1. The van der Waals surface area contributed by atoms with Crippen LogP contribution in [-0.4, -0.2) is 39.8 Å². The number of halogens is 1. The second-order valence-corrected chi connectivity index (χ2v) is 4.66. The Labute approximate surface area is 105 Å². The number of aliphatic hydroxyl groups excluding tert-OH is 1. The summed E-state index contributed by atoms with van der Waals surface area (Å²) in [5.41, 5.74) is -0.259. The van der Waals surface area contributed by atoms with Gasteiger partial charge in [-0.05, 0) is 18.5 Å². The third-order valence-corrected chi connectivity index (χ3v) is 2.18. The van der Waals surface area contributed by atoms with Gasteiger partial charge in [0.15, 0.2) is 0 Å². The van der Waals surface area contributed by atoms with Gasteiger partial charge in [0.1, 0.15) is 0 Å². The van der Waals surface area contributed by atoms with Gasteiger partial charge in [0.2, 0.25) is 11.2 Å². The molecule has 0 amide bonds. The SMILES string of the molecule is CCOc1nc(Cl)nc(NCC(C)(C)CO)n1. The lowest BCUT2D eigenvalue weighted by Gasteiger charge is -2.21. The molecule has 17 heavy (non-hydrogen) atoms. The van der Waals surface area contributed by atoms with Gasteiger partial charge in [-0.3, -0.25) is 0 Å². The topological polar surface area (TPSA) is 80.2 Å². The van der Waals surface area contributed by atoms with Crippen molar-refractivity contribution in [1.29, 1.82) is 0 Å². The Kier molecular flexibility index (Phi) is 4.89. The molecule has 1 aromatic heterocycles. The summed E-state index contributed by atoms with van der Waals surface area (Å²) in [6.07, 6.45) is 0. The summed E-state index contributed by atoms with van der Waals surface area (Å²) in [6, 6.07) is 0.191. The van der Waals surface area contributed by atoms with Crippen molar-refractivity contribution in [3.8, 4) is 6.01 Å². The summed E-state index contributed by atoms with van der Waals surface area (Å²) >= 11 is 5.74. The van der Waals surface area contributed by atoms with Gasteiger partial charge in [-0.25, -0.2) is 0 Å². The van der Waals surface area contributed by atoms with Crippen molar-refractivity contribution in [2.24, 2.45) is 5.41 Å². The molecule has 96 valence electrons. The van der Waals surface area contributed by atoms with Crippen molar-refractivity contribution < 1.29 is 9.84 Å². The maximum absolute atomic E-state index is 9.12. The van der Waals surface area contributed by atoms with Crippen LogP contribution in [0.5, 0.6) is 6.01 Å². The predicted molar refractivity (Wildman–Crippen MR) is 65.4 cm³/mol.